The maximum Gasteiger partial charge on any atom is 0.286 e. The van der Waals surface area contributed by atoms with Crippen LogP contribution in [-0.4, -0.2) is 44.7 Å². The largest absolute Gasteiger partial charge is 0.493 e. The van der Waals surface area contributed by atoms with Crippen molar-refractivity contribution >= 4 is 11.6 Å². The topological polar surface area (TPSA) is 103 Å². The summed E-state index contributed by atoms with van der Waals surface area (Å²) in [5.41, 5.74) is -0.377. The number of nitrogens with zero attached hydrogens (tertiary/aromatic N) is 1. The molecule has 0 atom stereocenters. The van der Waals surface area contributed by atoms with E-state index in [4.69, 9.17) is 9.47 Å². The molecule has 1 aromatic carbocycles. The Bertz CT molecular complexity index is 519. The summed E-state index contributed by atoms with van der Waals surface area (Å²) in [6.07, 6.45) is 0. The highest BCUT2D eigenvalue weighted by molar-refractivity contribution is 5.99. The van der Waals surface area contributed by atoms with Crippen molar-refractivity contribution in [3.8, 4) is 11.5 Å². The molecule has 0 bridgehead atoms. The molecule has 8 heteroatoms. The summed E-state index contributed by atoms with van der Waals surface area (Å²) in [6.45, 7) is 3.05. The molecule has 0 unspecified atom stereocenters. The Morgan fingerprint density at radius 1 is 1.33 bits per heavy atom. The van der Waals surface area contributed by atoms with Gasteiger partial charge >= 0.3 is 0 Å². The summed E-state index contributed by atoms with van der Waals surface area (Å²) >= 11 is 0. The van der Waals surface area contributed by atoms with Gasteiger partial charge in [0.25, 0.3) is 11.6 Å². The zero-order valence-electron chi connectivity index (χ0n) is 12.3. The smallest absolute Gasteiger partial charge is 0.286 e. The number of likely N-dealkylation sites (N-methyl/N-ethyl adjacent to an activating group) is 1. The fraction of sp³-hybridized carbons (Fsp3) is 0.462. The lowest BCUT2D eigenvalue weighted by Gasteiger charge is -2.12. The van der Waals surface area contributed by atoms with Gasteiger partial charge in [-0.3, -0.25) is 14.9 Å². The zero-order chi connectivity index (χ0) is 15.8. The van der Waals surface area contributed by atoms with E-state index in [0.717, 1.165) is 0 Å². The number of hydrogen-bond acceptors (Lipinski definition) is 6. The van der Waals surface area contributed by atoms with Gasteiger partial charge < -0.3 is 20.1 Å². The van der Waals surface area contributed by atoms with Crippen LogP contribution in [0.15, 0.2) is 12.1 Å². The standard InChI is InChI=1S/C13H19N3O5/c1-4-21-12-7-9(13(17)15-6-5-14-2)10(16(18)19)8-11(12)20-3/h7-8,14H,4-6H2,1-3H3,(H,15,17). The number of methoxy groups -OCH3 is 1. The molecule has 1 aromatic rings. The number of nitro groups is 1. The molecule has 116 valence electrons. The van der Waals surface area contributed by atoms with Crippen LogP contribution in [0.25, 0.3) is 0 Å². The number of nitro benzene ring substituents is 1. The Morgan fingerprint density at radius 3 is 2.57 bits per heavy atom. The van der Waals surface area contributed by atoms with Gasteiger partial charge in [0.15, 0.2) is 11.5 Å². The summed E-state index contributed by atoms with van der Waals surface area (Å²) in [4.78, 5) is 22.6. The average Bonchev–Trinajstić information content (AvgIpc) is 2.47. The highest BCUT2D eigenvalue weighted by Gasteiger charge is 2.24. The highest BCUT2D eigenvalue weighted by atomic mass is 16.6. The van der Waals surface area contributed by atoms with Crippen molar-refractivity contribution in [1.82, 2.24) is 10.6 Å². The minimum absolute atomic E-state index is 0.0552. The van der Waals surface area contributed by atoms with Crippen LogP contribution in [0, 0.1) is 10.1 Å². The lowest BCUT2D eigenvalue weighted by Crippen LogP contribution is -2.30. The number of benzene rings is 1. The van der Waals surface area contributed by atoms with Crippen LogP contribution in [-0.2, 0) is 0 Å². The molecular formula is C13H19N3O5. The second-order valence-corrected chi connectivity index (χ2v) is 4.07. The van der Waals surface area contributed by atoms with E-state index in [1.165, 1.54) is 19.2 Å². The molecule has 0 saturated heterocycles. The Hall–Kier alpha value is -2.35. The normalized spacial score (nSPS) is 10.0. The molecule has 0 aliphatic heterocycles. The molecule has 0 aromatic heterocycles. The van der Waals surface area contributed by atoms with Crippen molar-refractivity contribution in [2.45, 2.75) is 6.92 Å². The predicted molar refractivity (Wildman–Crippen MR) is 77.1 cm³/mol. The van der Waals surface area contributed by atoms with E-state index in [1.54, 1.807) is 14.0 Å². The molecule has 0 fully saturated rings. The van der Waals surface area contributed by atoms with Crippen LogP contribution >= 0.6 is 0 Å². The number of carbonyl (C=O) groups excluding carboxylic acids is 1. The van der Waals surface area contributed by atoms with E-state index in [-0.39, 0.29) is 17.0 Å². The molecule has 0 spiro atoms. The first-order valence-electron chi connectivity index (χ1n) is 6.47. The molecule has 0 aliphatic carbocycles. The van der Waals surface area contributed by atoms with E-state index < -0.39 is 10.8 Å². The van der Waals surface area contributed by atoms with Gasteiger partial charge in [-0.05, 0) is 14.0 Å². The van der Waals surface area contributed by atoms with Gasteiger partial charge in [0.1, 0.15) is 5.56 Å². The van der Waals surface area contributed by atoms with Crippen molar-refractivity contribution in [3.05, 3.63) is 27.8 Å². The first kappa shape index (κ1) is 16.7. The number of rotatable bonds is 8. The van der Waals surface area contributed by atoms with Gasteiger partial charge in [-0.25, -0.2) is 0 Å². The van der Waals surface area contributed by atoms with Gasteiger partial charge in [-0.2, -0.15) is 0 Å². The molecule has 2 N–H and O–H groups in total. The van der Waals surface area contributed by atoms with Crippen LogP contribution in [0.1, 0.15) is 17.3 Å². The maximum absolute atomic E-state index is 12.1. The van der Waals surface area contributed by atoms with Crippen molar-refractivity contribution in [3.63, 3.8) is 0 Å². The number of carbonyl (C=O) groups is 1. The number of nitrogens with one attached hydrogen (secondary N) is 2. The van der Waals surface area contributed by atoms with Crippen molar-refractivity contribution in [2.24, 2.45) is 0 Å². The lowest BCUT2D eigenvalue weighted by molar-refractivity contribution is -0.385. The minimum Gasteiger partial charge on any atom is -0.493 e. The Labute approximate surface area is 122 Å². The van der Waals surface area contributed by atoms with E-state index >= 15 is 0 Å². The fourth-order valence-electron chi connectivity index (χ4n) is 1.71. The van der Waals surface area contributed by atoms with E-state index in [1.807, 2.05) is 0 Å². The van der Waals surface area contributed by atoms with Crippen LogP contribution in [0.3, 0.4) is 0 Å². The summed E-state index contributed by atoms with van der Waals surface area (Å²) in [5.74, 6) is -0.0137. The van der Waals surface area contributed by atoms with Gasteiger partial charge in [0, 0.05) is 19.2 Å². The lowest BCUT2D eigenvalue weighted by atomic mass is 10.1. The third-order valence-electron chi connectivity index (χ3n) is 2.68. The van der Waals surface area contributed by atoms with Crippen molar-refractivity contribution in [2.75, 3.05) is 33.9 Å². The molecule has 8 nitrogen and oxygen atoms in total. The SMILES string of the molecule is CCOc1cc(C(=O)NCCNC)c([N+](=O)[O-])cc1OC. The fourth-order valence-corrected chi connectivity index (χ4v) is 1.71. The molecule has 21 heavy (non-hydrogen) atoms. The Morgan fingerprint density at radius 2 is 2.05 bits per heavy atom. The minimum atomic E-state index is -0.620. The van der Waals surface area contributed by atoms with Crippen LogP contribution in [0.4, 0.5) is 5.69 Å². The van der Waals surface area contributed by atoms with E-state index in [9.17, 15) is 14.9 Å². The zero-order valence-corrected chi connectivity index (χ0v) is 12.3. The molecule has 0 radical (unpaired) electrons. The van der Waals surface area contributed by atoms with Crippen LogP contribution in [0.2, 0.25) is 0 Å². The summed E-state index contributed by atoms with van der Waals surface area (Å²) < 4.78 is 10.4. The molecule has 0 heterocycles. The van der Waals surface area contributed by atoms with E-state index in [0.29, 0.717) is 25.4 Å². The first-order chi connectivity index (χ1) is 10.0. The third kappa shape index (κ3) is 4.32. The maximum atomic E-state index is 12.1. The van der Waals surface area contributed by atoms with Gasteiger partial charge in [-0.15, -0.1) is 0 Å². The monoisotopic (exact) mass is 297 g/mol. The molecule has 0 saturated carbocycles. The summed E-state index contributed by atoms with van der Waals surface area (Å²) in [5, 5.41) is 16.6. The van der Waals surface area contributed by atoms with Gasteiger partial charge in [0.05, 0.1) is 24.7 Å². The van der Waals surface area contributed by atoms with Crippen molar-refractivity contribution in [1.29, 1.82) is 0 Å². The summed E-state index contributed by atoms with van der Waals surface area (Å²) in [6, 6.07) is 2.52. The molecule has 0 aliphatic rings. The Kier molecular flexibility index (Phi) is 6.41. The van der Waals surface area contributed by atoms with E-state index in [2.05, 4.69) is 10.6 Å². The highest BCUT2D eigenvalue weighted by Crippen LogP contribution is 2.34. The predicted octanol–water partition coefficient (Wildman–Crippen LogP) is 0.951. The average molecular weight is 297 g/mol. The Balaban J connectivity index is 3.17. The first-order valence-corrected chi connectivity index (χ1v) is 6.47. The van der Waals surface area contributed by atoms with Gasteiger partial charge in [-0.1, -0.05) is 0 Å². The van der Waals surface area contributed by atoms with Crippen LogP contribution in [0.5, 0.6) is 11.5 Å². The van der Waals surface area contributed by atoms with Crippen LogP contribution < -0.4 is 20.1 Å². The second kappa shape index (κ2) is 8.05. The molecule has 1 rings (SSSR count). The number of hydrogen-bond donors (Lipinski definition) is 2. The number of amides is 1. The summed E-state index contributed by atoms with van der Waals surface area (Å²) in [7, 11) is 3.13. The molecular weight excluding hydrogens is 278 g/mol. The second-order valence-electron chi connectivity index (χ2n) is 4.07. The third-order valence-corrected chi connectivity index (χ3v) is 2.68. The van der Waals surface area contributed by atoms with Crippen molar-refractivity contribution < 1.29 is 19.2 Å². The van der Waals surface area contributed by atoms with Gasteiger partial charge in [0.2, 0.25) is 0 Å². The molecule has 1 amide bonds. The number of ether oxygens (including phenoxy) is 2. The quantitative estimate of drug-likeness (QED) is 0.421.